The summed E-state index contributed by atoms with van der Waals surface area (Å²) in [5, 5.41) is 18.1. The molecule has 0 aliphatic carbocycles. The fourth-order valence-corrected chi connectivity index (χ4v) is 2.03. The average molecular weight is 231 g/mol. The molecule has 2 aliphatic rings. The molecule has 0 unspecified atom stereocenters. The summed E-state index contributed by atoms with van der Waals surface area (Å²) < 4.78 is 5.74. The molecule has 3 N–H and O–H groups in total. The van der Waals surface area contributed by atoms with Crippen LogP contribution in [0.3, 0.4) is 0 Å². The Hall–Kier alpha value is -1.14. The zero-order valence-corrected chi connectivity index (χ0v) is 9.07. The van der Waals surface area contributed by atoms with Crippen molar-refractivity contribution in [3.05, 3.63) is 0 Å². The summed E-state index contributed by atoms with van der Waals surface area (Å²) in [6.07, 6.45) is 5.04. The van der Waals surface area contributed by atoms with Gasteiger partial charge in [0.2, 0.25) is 0 Å². The largest absolute Gasteiger partial charge is 0.473 e. The van der Waals surface area contributed by atoms with Crippen LogP contribution in [0.2, 0.25) is 0 Å². The first-order chi connectivity index (χ1) is 7.56. The molecule has 16 heavy (non-hydrogen) atoms. The van der Waals surface area contributed by atoms with E-state index in [0.717, 1.165) is 19.7 Å². The van der Waals surface area contributed by atoms with Crippen molar-refractivity contribution in [2.75, 3.05) is 19.7 Å². The Morgan fingerprint density at radius 3 is 2.00 bits per heavy atom. The second-order valence-corrected chi connectivity index (χ2v) is 4.00. The molecular formula is C10H17NO5. The first kappa shape index (κ1) is 12.9. The number of piperidine rings is 1. The summed E-state index contributed by atoms with van der Waals surface area (Å²) in [4.78, 5) is 18.2. The number of hydrogen-bond donors (Lipinski definition) is 3. The van der Waals surface area contributed by atoms with Crippen molar-refractivity contribution in [1.82, 2.24) is 5.32 Å². The molecule has 0 atom stereocenters. The SMILES string of the molecule is C1COC2(C1)CCNCC2.O=C(O)C(=O)O. The lowest BCUT2D eigenvalue weighted by molar-refractivity contribution is -0.159. The van der Waals surface area contributed by atoms with E-state index in [4.69, 9.17) is 24.5 Å². The van der Waals surface area contributed by atoms with E-state index in [2.05, 4.69) is 5.32 Å². The van der Waals surface area contributed by atoms with E-state index in [9.17, 15) is 0 Å². The van der Waals surface area contributed by atoms with Crippen LogP contribution in [0.1, 0.15) is 25.7 Å². The predicted octanol–water partition coefficient (Wildman–Crippen LogP) is 0.0746. The van der Waals surface area contributed by atoms with Gasteiger partial charge in [0, 0.05) is 6.61 Å². The van der Waals surface area contributed by atoms with Gasteiger partial charge in [0.15, 0.2) is 0 Å². The topological polar surface area (TPSA) is 95.9 Å². The van der Waals surface area contributed by atoms with Gasteiger partial charge in [0.1, 0.15) is 0 Å². The Morgan fingerprint density at radius 1 is 1.06 bits per heavy atom. The summed E-state index contributed by atoms with van der Waals surface area (Å²) in [5.41, 5.74) is 0.311. The smallest absolute Gasteiger partial charge is 0.414 e. The molecule has 6 heteroatoms. The third-order valence-electron chi connectivity index (χ3n) is 2.88. The molecule has 2 fully saturated rings. The average Bonchev–Trinajstić information content (AvgIpc) is 2.68. The Kier molecular flexibility index (Phi) is 4.70. The van der Waals surface area contributed by atoms with Gasteiger partial charge in [-0.15, -0.1) is 0 Å². The summed E-state index contributed by atoms with van der Waals surface area (Å²) in [7, 11) is 0. The van der Waals surface area contributed by atoms with Crippen molar-refractivity contribution in [3.8, 4) is 0 Å². The van der Waals surface area contributed by atoms with Crippen LogP contribution in [0, 0.1) is 0 Å². The van der Waals surface area contributed by atoms with Gasteiger partial charge in [-0.05, 0) is 38.8 Å². The first-order valence-corrected chi connectivity index (χ1v) is 5.37. The number of carboxylic acids is 2. The van der Waals surface area contributed by atoms with E-state index < -0.39 is 11.9 Å². The third kappa shape index (κ3) is 3.79. The van der Waals surface area contributed by atoms with Gasteiger partial charge >= 0.3 is 11.9 Å². The Balaban J connectivity index is 0.000000187. The molecule has 2 heterocycles. The minimum absolute atomic E-state index is 0.311. The molecule has 2 aliphatic heterocycles. The van der Waals surface area contributed by atoms with Crippen LogP contribution in [0.5, 0.6) is 0 Å². The highest BCUT2D eigenvalue weighted by molar-refractivity contribution is 6.27. The van der Waals surface area contributed by atoms with Crippen LogP contribution < -0.4 is 5.32 Å². The molecule has 0 radical (unpaired) electrons. The third-order valence-corrected chi connectivity index (χ3v) is 2.88. The molecule has 0 aromatic rings. The molecule has 2 saturated heterocycles. The second kappa shape index (κ2) is 5.81. The zero-order chi connectivity index (χ0) is 12.0. The summed E-state index contributed by atoms with van der Waals surface area (Å²) in [5.74, 6) is -3.65. The van der Waals surface area contributed by atoms with Gasteiger partial charge in [-0.2, -0.15) is 0 Å². The van der Waals surface area contributed by atoms with Gasteiger partial charge < -0.3 is 20.3 Å². The van der Waals surface area contributed by atoms with Crippen LogP contribution in [0.4, 0.5) is 0 Å². The number of ether oxygens (including phenoxy) is 1. The van der Waals surface area contributed by atoms with Crippen LogP contribution in [-0.2, 0) is 14.3 Å². The number of nitrogens with one attached hydrogen (secondary N) is 1. The van der Waals surface area contributed by atoms with Crippen molar-refractivity contribution >= 4 is 11.9 Å². The number of carboxylic acid groups (broad SMARTS) is 2. The van der Waals surface area contributed by atoms with Gasteiger partial charge in [-0.3, -0.25) is 0 Å². The highest BCUT2D eigenvalue weighted by atomic mass is 16.5. The molecule has 92 valence electrons. The van der Waals surface area contributed by atoms with Crippen LogP contribution in [0.25, 0.3) is 0 Å². The number of carbonyl (C=O) groups is 2. The van der Waals surface area contributed by atoms with Crippen molar-refractivity contribution in [2.24, 2.45) is 0 Å². The maximum Gasteiger partial charge on any atom is 0.414 e. The molecule has 0 bridgehead atoms. The minimum atomic E-state index is -1.82. The van der Waals surface area contributed by atoms with Crippen molar-refractivity contribution in [3.63, 3.8) is 0 Å². The molecule has 1 spiro atoms. The molecule has 0 amide bonds. The van der Waals surface area contributed by atoms with E-state index in [-0.39, 0.29) is 0 Å². The number of aliphatic carboxylic acids is 2. The maximum absolute atomic E-state index is 9.10. The van der Waals surface area contributed by atoms with Gasteiger partial charge in [0.25, 0.3) is 0 Å². The van der Waals surface area contributed by atoms with Crippen molar-refractivity contribution in [2.45, 2.75) is 31.3 Å². The van der Waals surface area contributed by atoms with Crippen LogP contribution in [-0.4, -0.2) is 47.4 Å². The van der Waals surface area contributed by atoms with Gasteiger partial charge in [-0.1, -0.05) is 0 Å². The molecular weight excluding hydrogens is 214 g/mol. The quantitative estimate of drug-likeness (QED) is 0.511. The lowest BCUT2D eigenvalue weighted by Crippen LogP contribution is -2.41. The predicted molar refractivity (Wildman–Crippen MR) is 55.3 cm³/mol. The van der Waals surface area contributed by atoms with E-state index in [1.807, 2.05) is 0 Å². The fourth-order valence-electron chi connectivity index (χ4n) is 2.03. The molecule has 0 aromatic carbocycles. The molecule has 0 saturated carbocycles. The van der Waals surface area contributed by atoms with E-state index in [0.29, 0.717) is 5.60 Å². The highest BCUT2D eigenvalue weighted by Gasteiger charge is 2.35. The zero-order valence-electron chi connectivity index (χ0n) is 9.07. The van der Waals surface area contributed by atoms with Crippen molar-refractivity contribution in [1.29, 1.82) is 0 Å². The Labute approximate surface area is 93.6 Å². The minimum Gasteiger partial charge on any atom is -0.473 e. The fraction of sp³-hybridized carbons (Fsp3) is 0.800. The molecule has 6 nitrogen and oxygen atoms in total. The van der Waals surface area contributed by atoms with E-state index in [1.165, 1.54) is 25.7 Å². The van der Waals surface area contributed by atoms with E-state index >= 15 is 0 Å². The standard InChI is InChI=1S/C8H15NO.C2H2O4/c1-2-8(10-7-1)3-5-9-6-4-8;3-1(4)2(5)6/h9H,1-7H2;(H,3,4)(H,5,6). The Bertz CT molecular complexity index is 240. The van der Waals surface area contributed by atoms with Crippen LogP contribution in [0.15, 0.2) is 0 Å². The monoisotopic (exact) mass is 231 g/mol. The molecule has 2 rings (SSSR count). The maximum atomic E-state index is 9.10. The number of rotatable bonds is 0. The Morgan fingerprint density at radius 2 is 1.62 bits per heavy atom. The summed E-state index contributed by atoms with van der Waals surface area (Å²) in [6, 6.07) is 0. The normalized spacial score (nSPS) is 22.2. The van der Waals surface area contributed by atoms with Gasteiger partial charge in [-0.25, -0.2) is 9.59 Å². The highest BCUT2D eigenvalue weighted by Crippen LogP contribution is 2.33. The number of hydrogen-bond acceptors (Lipinski definition) is 4. The molecule has 0 aromatic heterocycles. The van der Waals surface area contributed by atoms with E-state index in [1.54, 1.807) is 0 Å². The summed E-state index contributed by atoms with van der Waals surface area (Å²) in [6.45, 7) is 3.31. The summed E-state index contributed by atoms with van der Waals surface area (Å²) >= 11 is 0. The second-order valence-electron chi connectivity index (χ2n) is 4.00. The lowest BCUT2D eigenvalue weighted by atomic mass is 9.90. The first-order valence-electron chi connectivity index (χ1n) is 5.37. The van der Waals surface area contributed by atoms with Crippen LogP contribution >= 0.6 is 0 Å². The lowest BCUT2D eigenvalue weighted by Gasteiger charge is -2.32. The van der Waals surface area contributed by atoms with Crippen molar-refractivity contribution < 1.29 is 24.5 Å². The van der Waals surface area contributed by atoms with Gasteiger partial charge in [0.05, 0.1) is 5.60 Å².